The van der Waals surface area contributed by atoms with Gasteiger partial charge in [0.25, 0.3) is 0 Å². The maximum atomic E-state index is 2.41. The van der Waals surface area contributed by atoms with E-state index >= 15 is 0 Å². The summed E-state index contributed by atoms with van der Waals surface area (Å²) in [6, 6.07) is 0.963. The van der Waals surface area contributed by atoms with Crippen LogP contribution in [0.2, 0.25) is 0 Å². The van der Waals surface area contributed by atoms with Gasteiger partial charge in [0.2, 0.25) is 0 Å². The van der Waals surface area contributed by atoms with E-state index in [0.717, 1.165) is 12.0 Å². The van der Waals surface area contributed by atoms with Crippen LogP contribution in [0.5, 0.6) is 0 Å². The lowest BCUT2D eigenvalue weighted by Crippen LogP contribution is -3.20. The third kappa shape index (κ3) is 4.52. The Balaban J connectivity index is 2.31. The normalized spacial score (nSPS) is 29.4. The summed E-state index contributed by atoms with van der Waals surface area (Å²) in [4.78, 5) is 3.44. The maximum absolute atomic E-state index is 2.41. The van der Waals surface area contributed by atoms with Gasteiger partial charge < -0.3 is 9.80 Å². The fourth-order valence-electron chi connectivity index (χ4n) is 2.75. The van der Waals surface area contributed by atoms with Gasteiger partial charge in [0.15, 0.2) is 0 Å². The summed E-state index contributed by atoms with van der Waals surface area (Å²) in [5.74, 6) is 0.985. The third-order valence-corrected chi connectivity index (χ3v) is 3.99. The number of hydrogen-bond donors (Lipinski definition) is 2. The molecular formula is C13H30N2+2. The van der Waals surface area contributed by atoms with E-state index in [9.17, 15) is 0 Å². The standard InChI is InChI=1S/C13H28N2/c1-5-15(11-10-14(3)4)13-8-6-12(2)7-9-13/h12-13H,5-11H2,1-4H3/p+2. The molecule has 1 unspecified atom stereocenters. The maximum Gasteiger partial charge on any atom is 0.127 e. The van der Waals surface area contributed by atoms with Crippen LogP contribution in [0.4, 0.5) is 0 Å². The molecule has 1 fully saturated rings. The number of rotatable bonds is 5. The van der Waals surface area contributed by atoms with E-state index in [1.165, 1.54) is 45.3 Å². The van der Waals surface area contributed by atoms with Gasteiger partial charge >= 0.3 is 0 Å². The highest BCUT2D eigenvalue weighted by molar-refractivity contribution is 4.68. The molecule has 2 nitrogen and oxygen atoms in total. The molecule has 0 aromatic heterocycles. The van der Waals surface area contributed by atoms with Gasteiger partial charge in [-0.05, 0) is 38.5 Å². The first-order chi connectivity index (χ1) is 7.13. The Bertz CT molecular complexity index is 160. The Labute approximate surface area is 95.6 Å². The molecule has 0 saturated heterocycles. The van der Waals surface area contributed by atoms with Crippen LogP contribution in [0.1, 0.15) is 39.5 Å². The van der Waals surface area contributed by atoms with Crippen molar-refractivity contribution in [1.82, 2.24) is 0 Å². The highest BCUT2D eigenvalue weighted by atomic mass is 15.2. The van der Waals surface area contributed by atoms with Crippen LogP contribution in [0.15, 0.2) is 0 Å². The van der Waals surface area contributed by atoms with Gasteiger partial charge in [-0.1, -0.05) is 6.92 Å². The number of likely N-dealkylation sites (N-methyl/N-ethyl adjacent to an activating group) is 2. The average Bonchev–Trinajstić information content (AvgIpc) is 2.21. The van der Waals surface area contributed by atoms with Crippen molar-refractivity contribution in [2.24, 2.45) is 5.92 Å². The van der Waals surface area contributed by atoms with Gasteiger partial charge in [-0.2, -0.15) is 0 Å². The second-order valence-corrected chi connectivity index (χ2v) is 5.68. The lowest BCUT2D eigenvalue weighted by atomic mass is 9.86. The van der Waals surface area contributed by atoms with E-state index in [-0.39, 0.29) is 0 Å². The zero-order valence-corrected chi connectivity index (χ0v) is 11.1. The molecule has 0 bridgehead atoms. The van der Waals surface area contributed by atoms with Crippen LogP contribution >= 0.6 is 0 Å². The van der Waals surface area contributed by atoms with Crippen molar-refractivity contribution in [3.05, 3.63) is 0 Å². The van der Waals surface area contributed by atoms with Crippen LogP contribution in [0.25, 0.3) is 0 Å². The first kappa shape index (κ1) is 13.0. The monoisotopic (exact) mass is 214 g/mol. The van der Waals surface area contributed by atoms with Gasteiger partial charge in [0, 0.05) is 0 Å². The summed E-state index contributed by atoms with van der Waals surface area (Å²) in [7, 11) is 4.52. The van der Waals surface area contributed by atoms with Crippen LogP contribution in [0, 0.1) is 5.92 Å². The second kappa shape index (κ2) is 6.49. The molecule has 0 spiro atoms. The zero-order valence-electron chi connectivity index (χ0n) is 11.1. The molecule has 1 rings (SSSR count). The van der Waals surface area contributed by atoms with Crippen LogP contribution in [-0.4, -0.2) is 39.8 Å². The van der Waals surface area contributed by atoms with Gasteiger partial charge in [0.05, 0.1) is 26.7 Å². The topological polar surface area (TPSA) is 8.88 Å². The first-order valence-corrected chi connectivity index (χ1v) is 6.77. The lowest BCUT2D eigenvalue weighted by Gasteiger charge is -2.32. The molecule has 0 radical (unpaired) electrons. The quantitative estimate of drug-likeness (QED) is 0.617. The van der Waals surface area contributed by atoms with E-state index in [2.05, 4.69) is 27.9 Å². The zero-order chi connectivity index (χ0) is 11.3. The highest BCUT2D eigenvalue weighted by Crippen LogP contribution is 2.21. The summed E-state index contributed by atoms with van der Waals surface area (Å²) < 4.78 is 0. The summed E-state index contributed by atoms with van der Waals surface area (Å²) in [5.41, 5.74) is 0. The number of hydrogen-bond acceptors (Lipinski definition) is 0. The van der Waals surface area contributed by atoms with E-state index in [1.807, 2.05) is 4.90 Å². The predicted molar refractivity (Wildman–Crippen MR) is 65.5 cm³/mol. The fourth-order valence-corrected chi connectivity index (χ4v) is 2.75. The molecule has 15 heavy (non-hydrogen) atoms. The average molecular weight is 214 g/mol. The van der Waals surface area contributed by atoms with Gasteiger partial charge in [-0.15, -0.1) is 0 Å². The molecule has 0 amide bonds. The molecule has 90 valence electrons. The molecular weight excluding hydrogens is 184 g/mol. The molecule has 2 N–H and O–H groups in total. The molecule has 0 heterocycles. The molecule has 0 aliphatic heterocycles. The molecule has 1 atom stereocenters. The minimum absolute atomic E-state index is 0.963. The van der Waals surface area contributed by atoms with Crippen LogP contribution < -0.4 is 9.80 Å². The molecule has 1 aliphatic carbocycles. The molecule has 1 aliphatic rings. The van der Waals surface area contributed by atoms with Crippen molar-refractivity contribution in [2.45, 2.75) is 45.6 Å². The lowest BCUT2D eigenvalue weighted by molar-refractivity contribution is -0.958. The van der Waals surface area contributed by atoms with Gasteiger partial charge in [-0.25, -0.2) is 0 Å². The second-order valence-electron chi connectivity index (χ2n) is 5.68. The van der Waals surface area contributed by atoms with Crippen LogP contribution in [-0.2, 0) is 0 Å². The van der Waals surface area contributed by atoms with Crippen molar-refractivity contribution in [1.29, 1.82) is 0 Å². The SMILES string of the molecule is CC[NH+](CC[NH+](C)C)C1CCC(C)CC1. The summed E-state index contributed by atoms with van der Waals surface area (Å²) >= 11 is 0. The van der Waals surface area contributed by atoms with E-state index in [0.29, 0.717) is 0 Å². The van der Waals surface area contributed by atoms with Gasteiger partial charge in [-0.3, -0.25) is 0 Å². The van der Waals surface area contributed by atoms with Crippen molar-refractivity contribution < 1.29 is 9.80 Å². The van der Waals surface area contributed by atoms with Gasteiger partial charge in [0.1, 0.15) is 13.1 Å². The third-order valence-electron chi connectivity index (χ3n) is 3.99. The van der Waals surface area contributed by atoms with Crippen LogP contribution in [0.3, 0.4) is 0 Å². The summed E-state index contributed by atoms with van der Waals surface area (Å²) in [6.07, 6.45) is 5.85. The molecule has 0 aromatic rings. The fraction of sp³-hybridized carbons (Fsp3) is 1.00. The molecule has 0 aromatic carbocycles. The Morgan fingerprint density at radius 1 is 1.00 bits per heavy atom. The highest BCUT2D eigenvalue weighted by Gasteiger charge is 2.26. The summed E-state index contributed by atoms with van der Waals surface area (Å²) in [5, 5.41) is 0. The Kier molecular flexibility index (Phi) is 5.62. The number of quaternary nitrogens is 2. The largest absolute Gasteiger partial charge is 0.335 e. The molecule has 1 saturated carbocycles. The Hall–Kier alpha value is -0.0800. The first-order valence-electron chi connectivity index (χ1n) is 6.77. The van der Waals surface area contributed by atoms with Crippen molar-refractivity contribution in [2.75, 3.05) is 33.7 Å². The summed E-state index contributed by atoms with van der Waals surface area (Å²) in [6.45, 7) is 8.74. The van der Waals surface area contributed by atoms with Crippen molar-refractivity contribution >= 4 is 0 Å². The Morgan fingerprint density at radius 2 is 1.60 bits per heavy atom. The van der Waals surface area contributed by atoms with E-state index in [1.54, 1.807) is 4.90 Å². The van der Waals surface area contributed by atoms with Crippen molar-refractivity contribution in [3.63, 3.8) is 0 Å². The minimum atomic E-state index is 0.963. The predicted octanol–water partition coefficient (Wildman–Crippen LogP) is -0.386. The number of nitrogens with one attached hydrogen (secondary N) is 2. The smallest absolute Gasteiger partial charge is 0.127 e. The molecule has 2 heteroatoms. The van der Waals surface area contributed by atoms with E-state index in [4.69, 9.17) is 0 Å². The Morgan fingerprint density at radius 3 is 2.07 bits per heavy atom. The minimum Gasteiger partial charge on any atom is -0.335 e. The van der Waals surface area contributed by atoms with E-state index < -0.39 is 0 Å². The van der Waals surface area contributed by atoms with Crippen molar-refractivity contribution in [3.8, 4) is 0 Å².